The van der Waals surface area contributed by atoms with E-state index in [4.69, 9.17) is 27.9 Å². The SMILES string of the molecule is COc1ccc(Cl)cc1[C@@H](O)CCl. The van der Waals surface area contributed by atoms with Gasteiger partial charge in [0.05, 0.1) is 19.1 Å². The summed E-state index contributed by atoms with van der Waals surface area (Å²) in [6, 6.07) is 5.05. The van der Waals surface area contributed by atoms with Gasteiger partial charge in [-0.2, -0.15) is 0 Å². The van der Waals surface area contributed by atoms with Crippen molar-refractivity contribution in [2.24, 2.45) is 0 Å². The van der Waals surface area contributed by atoms with E-state index in [0.717, 1.165) is 0 Å². The summed E-state index contributed by atoms with van der Waals surface area (Å²) in [5, 5.41) is 10.1. The first-order chi connectivity index (χ1) is 6.19. The van der Waals surface area contributed by atoms with E-state index in [1.54, 1.807) is 18.2 Å². The number of benzene rings is 1. The quantitative estimate of drug-likeness (QED) is 0.795. The van der Waals surface area contributed by atoms with Crippen LogP contribution >= 0.6 is 23.2 Å². The average molecular weight is 221 g/mol. The average Bonchev–Trinajstić information content (AvgIpc) is 2.16. The summed E-state index contributed by atoms with van der Waals surface area (Å²) in [7, 11) is 1.54. The number of halogens is 2. The molecular weight excluding hydrogens is 211 g/mol. The van der Waals surface area contributed by atoms with Crippen molar-refractivity contribution >= 4 is 23.2 Å². The Balaban J connectivity index is 3.07. The van der Waals surface area contributed by atoms with Crippen LogP contribution in [0, 0.1) is 0 Å². The summed E-state index contributed by atoms with van der Waals surface area (Å²) in [4.78, 5) is 0. The molecule has 1 N–H and O–H groups in total. The maximum atomic E-state index is 9.50. The highest BCUT2D eigenvalue weighted by atomic mass is 35.5. The minimum atomic E-state index is -0.740. The van der Waals surface area contributed by atoms with E-state index < -0.39 is 6.10 Å². The maximum absolute atomic E-state index is 9.50. The molecule has 1 aromatic carbocycles. The van der Waals surface area contributed by atoms with Crippen LogP contribution in [0.3, 0.4) is 0 Å². The van der Waals surface area contributed by atoms with E-state index in [1.165, 1.54) is 7.11 Å². The van der Waals surface area contributed by atoms with Gasteiger partial charge in [0.2, 0.25) is 0 Å². The van der Waals surface area contributed by atoms with Crippen molar-refractivity contribution in [1.29, 1.82) is 0 Å². The smallest absolute Gasteiger partial charge is 0.124 e. The highest BCUT2D eigenvalue weighted by Crippen LogP contribution is 2.28. The molecule has 72 valence electrons. The zero-order chi connectivity index (χ0) is 9.84. The molecule has 0 radical (unpaired) electrons. The summed E-state index contributed by atoms with van der Waals surface area (Å²) in [5.74, 6) is 0.717. The molecule has 1 aromatic rings. The Hall–Kier alpha value is -0.440. The number of hydrogen-bond donors (Lipinski definition) is 1. The van der Waals surface area contributed by atoms with Crippen molar-refractivity contribution in [2.75, 3.05) is 13.0 Å². The Kier molecular flexibility index (Phi) is 3.85. The second-order valence-corrected chi connectivity index (χ2v) is 3.30. The molecule has 0 aliphatic carbocycles. The lowest BCUT2D eigenvalue weighted by Crippen LogP contribution is -2.01. The third-order valence-electron chi connectivity index (χ3n) is 1.70. The number of alkyl halides is 1. The standard InChI is InChI=1S/C9H10Cl2O2/c1-13-9-3-2-6(11)4-7(9)8(12)5-10/h2-4,8,12H,5H2,1H3/t8-/m0/s1. The highest BCUT2D eigenvalue weighted by molar-refractivity contribution is 6.30. The Labute approximate surface area is 87.0 Å². The zero-order valence-corrected chi connectivity index (χ0v) is 8.64. The molecule has 13 heavy (non-hydrogen) atoms. The normalized spacial score (nSPS) is 12.6. The fourth-order valence-corrected chi connectivity index (χ4v) is 1.40. The van der Waals surface area contributed by atoms with Gasteiger partial charge >= 0.3 is 0 Å². The number of aliphatic hydroxyl groups excluding tert-OH is 1. The number of rotatable bonds is 3. The molecule has 0 fully saturated rings. The topological polar surface area (TPSA) is 29.5 Å². The molecule has 0 aromatic heterocycles. The first-order valence-electron chi connectivity index (χ1n) is 3.76. The van der Waals surface area contributed by atoms with Crippen molar-refractivity contribution in [3.63, 3.8) is 0 Å². The van der Waals surface area contributed by atoms with E-state index in [1.807, 2.05) is 0 Å². The zero-order valence-electron chi connectivity index (χ0n) is 7.13. The van der Waals surface area contributed by atoms with Gasteiger partial charge in [-0.15, -0.1) is 11.6 Å². The summed E-state index contributed by atoms with van der Waals surface area (Å²) >= 11 is 11.3. The minimum Gasteiger partial charge on any atom is -0.496 e. The first kappa shape index (κ1) is 10.6. The molecule has 0 heterocycles. The number of methoxy groups -OCH3 is 1. The van der Waals surface area contributed by atoms with Crippen LogP contribution in [0.25, 0.3) is 0 Å². The molecule has 1 atom stereocenters. The maximum Gasteiger partial charge on any atom is 0.124 e. The van der Waals surface area contributed by atoms with Crippen molar-refractivity contribution in [3.8, 4) is 5.75 Å². The van der Waals surface area contributed by atoms with Gasteiger partial charge in [-0.05, 0) is 18.2 Å². The van der Waals surface area contributed by atoms with E-state index in [0.29, 0.717) is 16.3 Å². The molecule has 1 rings (SSSR count). The Morgan fingerprint density at radius 3 is 2.77 bits per heavy atom. The monoisotopic (exact) mass is 220 g/mol. The summed E-state index contributed by atoms with van der Waals surface area (Å²) < 4.78 is 5.05. The lowest BCUT2D eigenvalue weighted by molar-refractivity contribution is 0.197. The first-order valence-corrected chi connectivity index (χ1v) is 4.67. The van der Waals surface area contributed by atoms with Crippen LogP contribution in [0.5, 0.6) is 5.75 Å². The van der Waals surface area contributed by atoms with Crippen LogP contribution in [0.1, 0.15) is 11.7 Å². The molecule has 0 amide bonds. The molecule has 0 aliphatic heterocycles. The van der Waals surface area contributed by atoms with Crippen LogP contribution in [0.4, 0.5) is 0 Å². The second kappa shape index (κ2) is 4.70. The van der Waals surface area contributed by atoms with Crippen molar-refractivity contribution in [1.82, 2.24) is 0 Å². The Bertz CT molecular complexity index is 289. The number of aliphatic hydroxyl groups is 1. The van der Waals surface area contributed by atoms with Gasteiger partial charge in [-0.3, -0.25) is 0 Å². The van der Waals surface area contributed by atoms with Gasteiger partial charge in [0.15, 0.2) is 0 Å². The largest absolute Gasteiger partial charge is 0.496 e. The van der Waals surface area contributed by atoms with Crippen molar-refractivity contribution in [2.45, 2.75) is 6.10 Å². The minimum absolute atomic E-state index is 0.122. The molecule has 0 saturated heterocycles. The van der Waals surface area contributed by atoms with E-state index in [-0.39, 0.29) is 5.88 Å². The number of ether oxygens (including phenoxy) is 1. The fraction of sp³-hybridized carbons (Fsp3) is 0.333. The molecule has 0 spiro atoms. The molecule has 0 bridgehead atoms. The molecule has 0 unspecified atom stereocenters. The molecule has 0 aliphatic rings. The fourth-order valence-electron chi connectivity index (χ4n) is 1.05. The third-order valence-corrected chi connectivity index (χ3v) is 2.22. The van der Waals surface area contributed by atoms with Crippen molar-refractivity contribution in [3.05, 3.63) is 28.8 Å². The predicted molar refractivity (Wildman–Crippen MR) is 53.7 cm³/mol. The van der Waals surface area contributed by atoms with Crippen LogP contribution in [-0.4, -0.2) is 18.1 Å². The second-order valence-electron chi connectivity index (χ2n) is 2.56. The molecular formula is C9H10Cl2O2. The van der Waals surface area contributed by atoms with E-state index in [9.17, 15) is 5.11 Å². The van der Waals surface area contributed by atoms with Gasteiger partial charge in [0.1, 0.15) is 5.75 Å². The summed E-state index contributed by atoms with van der Waals surface area (Å²) in [6.45, 7) is 0. The van der Waals surface area contributed by atoms with Gasteiger partial charge < -0.3 is 9.84 Å². The highest BCUT2D eigenvalue weighted by Gasteiger charge is 2.12. The van der Waals surface area contributed by atoms with Gasteiger partial charge in [0, 0.05) is 10.6 Å². The summed E-state index contributed by atoms with van der Waals surface area (Å²) in [5.41, 5.74) is 0.616. The number of hydrogen-bond acceptors (Lipinski definition) is 2. The Morgan fingerprint density at radius 1 is 1.54 bits per heavy atom. The van der Waals surface area contributed by atoms with Gasteiger partial charge in [0.25, 0.3) is 0 Å². The molecule has 4 heteroatoms. The van der Waals surface area contributed by atoms with E-state index >= 15 is 0 Å². The third kappa shape index (κ3) is 2.50. The lowest BCUT2D eigenvalue weighted by Gasteiger charge is -2.12. The van der Waals surface area contributed by atoms with Crippen LogP contribution in [-0.2, 0) is 0 Å². The predicted octanol–water partition coefficient (Wildman–Crippen LogP) is 2.62. The Morgan fingerprint density at radius 2 is 2.23 bits per heavy atom. The lowest BCUT2D eigenvalue weighted by atomic mass is 10.1. The van der Waals surface area contributed by atoms with Crippen molar-refractivity contribution < 1.29 is 9.84 Å². The van der Waals surface area contributed by atoms with Gasteiger partial charge in [-0.1, -0.05) is 11.6 Å². The molecule has 0 saturated carbocycles. The van der Waals surface area contributed by atoms with E-state index in [2.05, 4.69) is 0 Å². The summed E-state index contributed by atoms with van der Waals surface area (Å²) in [6.07, 6.45) is -0.740. The van der Waals surface area contributed by atoms with Crippen LogP contribution in [0.2, 0.25) is 5.02 Å². The molecule has 2 nitrogen and oxygen atoms in total. The van der Waals surface area contributed by atoms with Crippen LogP contribution in [0.15, 0.2) is 18.2 Å². The van der Waals surface area contributed by atoms with Gasteiger partial charge in [-0.25, -0.2) is 0 Å². The van der Waals surface area contributed by atoms with Crippen LogP contribution < -0.4 is 4.74 Å².